The minimum Gasteiger partial charge on any atom is -0.492 e. The highest BCUT2D eigenvalue weighted by atomic mass is 16.7. The third-order valence-corrected chi connectivity index (χ3v) is 3.24. The molecule has 0 saturated heterocycles. The van der Waals surface area contributed by atoms with Gasteiger partial charge in [-0.15, -0.1) is 0 Å². The second-order valence-corrected chi connectivity index (χ2v) is 5.04. The smallest absolute Gasteiger partial charge is 0.320 e. The van der Waals surface area contributed by atoms with E-state index in [4.69, 9.17) is 14.2 Å². The van der Waals surface area contributed by atoms with E-state index >= 15 is 0 Å². The summed E-state index contributed by atoms with van der Waals surface area (Å²) in [5.41, 5.74) is 0.842. The van der Waals surface area contributed by atoms with E-state index in [0.29, 0.717) is 36.2 Å². The molecule has 1 aliphatic rings. The first-order valence-electron chi connectivity index (χ1n) is 7.20. The number of nitrogens with zero attached hydrogens (tertiary/aromatic N) is 2. The molecule has 3 rings (SSSR count). The van der Waals surface area contributed by atoms with Gasteiger partial charge in [0.05, 0.1) is 12.2 Å². The van der Waals surface area contributed by atoms with Gasteiger partial charge in [0.1, 0.15) is 18.2 Å². The molecule has 2 amide bonds. The van der Waals surface area contributed by atoms with Gasteiger partial charge in [-0.05, 0) is 19.1 Å². The van der Waals surface area contributed by atoms with Gasteiger partial charge >= 0.3 is 6.03 Å². The number of rotatable bonds is 5. The summed E-state index contributed by atoms with van der Waals surface area (Å²) in [4.78, 5) is 11.8. The first kappa shape index (κ1) is 15.0. The zero-order valence-electron chi connectivity index (χ0n) is 13.0. The predicted molar refractivity (Wildman–Crippen MR) is 83.0 cm³/mol. The number of benzene rings is 1. The van der Waals surface area contributed by atoms with Crippen LogP contribution in [0.4, 0.5) is 10.6 Å². The standard InChI is InChI=1S/C15H18N4O4/c1-10-7-14(19(2)18-10)17-15(20)16-5-6-21-11-3-4-12-13(8-11)23-9-22-12/h3-4,7-8H,5-6,9H2,1-2H3,(H2,16,17,20). The van der Waals surface area contributed by atoms with Gasteiger partial charge in [-0.25, -0.2) is 4.79 Å². The van der Waals surface area contributed by atoms with Crippen LogP contribution in [-0.4, -0.2) is 35.8 Å². The SMILES string of the molecule is Cc1cc(NC(=O)NCCOc2ccc3c(c2)OCO3)n(C)n1. The van der Waals surface area contributed by atoms with E-state index in [1.165, 1.54) is 0 Å². The van der Waals surface area contributed by atoms with Crippen molar-refractivity contribution in [2.45, 2.75) is 6.92 Å². The van der Waals surface area contributed by atoms with Crippen molar-refractivity contribution in [2.75, 3.05) is 25.3 Å². The molecule has 0 unspecified atom stereocenters. The fourth-order valence-electron chi connectivity index (χ4n) is 2.19. The highest BCUT2D eigenvalue weighted by Crippen LogP contribution is 2.34. The molecule has 0 bridgehead atoms. The molecule has 1 aromatic heterocycles. The van der Waals surface area contributed by atoms with Crippen molar-refractivity contribution >= 4 is 11.8 Å². The molecule has 0 radical (unpaired) electrons. The number of carbonyl (C=O) groups is 1. The summed E-state index contributed by atoms with van der Waals surface area (Å²) in [6.45, 7) is 2.81. The summed E-state index contributed by atoms with van der Waals surface area (Å²) in [5.74, 6) is 2.68. The van der Waals surface area contributed by atoms with Crippen LogP contribution in [0.15, 0.2) is 24.3 Å². The zero-order chi connectivity index (χ0) is 16.2. The average Bonchev–Trinajstić information content (AvgIpc) is 3.09. The van der Waals surface area contributed by atoms with Gasteiger partial charge in [-0.3, -0.25) is 10.00 Å². The second kappa shape index (κ2) is 6.47. The number of urea groups is 1. The molecule has 0 saturated carbocycles. The third-order valence-electron chi connectivity index (χ3n) is 3.24. The molecule has 1 aliphatic heterocycles. The Labute approximate surface area is 133 Å². The number of nitrogens with one attached hydrogen (secondary N) is 2. The van der Waals surface area contributed by atoms with Crippen LogP contribution in [0, 0.1) is 6.92 Å². The Morgan fingerprint density at radius 2 is 2.17 bits per heavy atom. The lowest BCUT2D eigenvalue weighted by Gasteiger charge is -2.09. The number of anilines is 1. The van der Waals surface area contributed by atoms with Crippen LogP contribution < -0.4 is 24.8 Å². The van der Waals surface area contributed by atoms with Crippen LogP contribution in [0.1, 0.15) is 5.69 Å². The fourth-order valence-corrected chi connectivity index (χ4v) is 2.19. The number of amides is 2. The molecule has 0 spiro atoms. The summed E-state index contributed by atoms with van der Waals surface area (Å²) in [6.07, 6.45) is 0. The molecule has 2 heterocycles. The highest BCUT2D eigenvalue weighted by Gasteiger charge is 2.13. The van der Waals surface area contributed by atoms with E-state index in [1.54, 1.807) is 36.0 Å². The second-order valence-electron chi connectivity index (χ2n) is 5.04. The molecule has 1 aromatic carbocycles. The molecule has 122 valence electrons. The van der Waals surface area contributed by atoms with Crippen LogP contribution in [0.3, 0.4) is 0 Å². The lowest BCUT2D eigenvalue weighted by atomic mass is 10.3. The normalized spacial score (nSPS) is 12.1. The summed E-state index contributed by atoms with van der Waals surface area (Å²) < 4.78 is 17.7. The maximum atomic E-state index is 11.8. The van der Waals surface area contributed by atoms with E-state index in [0.717, 1.165) is 5.69 Å². The molecular formula is C15H18N4O4. The van der Waals surface area contributed by atoms with Gasteiger partial charge in [-0.1, -0.05) is 0 Å². The minimum absolute atomic E-state index is 0.230. The number of hydrogen-bond donors (Lipinski definition) is 2. The quantitative estimate of drug-likeness (QED) is 0.819. The van der Waals surface area contributed by atoms with Crippen molar-refractivity contribution in [1.29, 1.82) is 0 Å². The van der Waals surface area contributed by atoms with Crippen molar-refractivity contribution in [1.82, 2.24) is 15.1 Å². The lowest BCUT2D eigenvalue weighted by molar-refractivity contribution is 0.173. The van der Waals surface area contributed by atoms with E-state index < -0.39 is 0 Å². The van der Waals surface area contributed by atoms with E-state index in [1.807, 2.05) is 6.92 Å². The number of hydrogen-bond acceptors (Lipinski definition) is 5. The van der Waals surface area contributed by atoms with Crippen molar-refractivity contribution in [2.24, 2.45) is 7.05 Å². The van der Waals surface area contributed by atoms with Crippen molar-refractivity contribution < 1.29 is 19.0 Å². The molecule has 2 aromatic rings. The van der Waals surface area contributed by atoms with Crippen LogP contribution in [0.5, 0.6) is 17.2 Å². The molecule has 0 fully saturated rings. The Kier molecular flexibility index (Phi) is 4.22. The molecule has 8 nitrogen and oxygen atoms in total. The first-order chi connectivity index (χ1) is 11.1. The van der Waals surface area contributed by atoms with Crippen LogP contribution >= 0.6 is 0 Å². The summed E-state index contributed by atoms with van der Waals surface area (Å²) in [5, 5.41) is 9.60. The number of carbonyl (C=O) groups excluding carboxylic acids is 1. The summed E-state index contributed by atoms with van der Waals surface area (Å²) in [7, 11) is 1.77. The Morgan fingerprint density at radius 3 is 2.96 bits per heavy atom. The number of ether oxygens (including phenoxy) is 3. The lowest BCUT2D eigenvalue weighted by Crippen LogP contribution is -2.32. The topological polar surface area (TPSA) is 86.6 Å². The van der Waals surface area contributed by atoms with Crippen LogP contribution in [0.25, 0.3) is 0 Å². The summed E-state index contributed by atoms with van der Waals surface area (Å²) in [6, 6.07) is 6.85. The van der Waals surface area contributed by atoms with Crippen molar-refractivity contribution in [3.63, 3.8) is 0 Å². The third kappa shape index (κ3) is 3.65. The highest BCUT2D eigenvalue weighted by molar-refractivity contribution is 5.88. The van der Waals surface area contributed by atoms with Gasteiger partial charge in [0.15, 0.2) is 11.5 Å². The predicted octanol–water partition coefficient (Wildman–Crippen LogP) is 1.66. The van der Waals surface area contributed by atoms with Crippen molar-refractivity contribution in [3.8, 4) is 17.2 Å². The molecule has 2 N–H and O–H groups in total. The number of aromatic nitrogens is 2. The molecule has 0 atom stereocenters. The fraction of sp³-hybridized carbons (Fsp3) is 0.333. The minimum atomic E-state index is -0.303. The van der Waals surface area contributed by atoms with E-state index in [2.05, 4.69) is 15.7 Å². The van der Waals surface area contributed by atoms with E-state index in [9.17, 15) is 4.79 Å². The summed E-state index contributed by atoms with van der Waals surface area (Å²) >= 11 is 0. The number of fused-ring (bicyclic) bond motifs is 1. The first-order valence-corrected chi connectivity index (χ1v) is 7.20. The van der Waals surface area contributed by atoms with Crippen LogP contribution in [-0.2, 0) is 7.05 Å². The molecule has 8 heteroatoms. The monoisotopic (exact) mass is 318 g/mol. The molecule has 23 heavy (non-hydrogen) atoms. The van der Waals surface area contributed by atoms with Gasteiger partial charge in [0.25, 0.3) is 0 Å². The average molecular weight is 318 g/mol. The number of aryl methyl sites for hydroxylation is 2. The van der Waals surface area contributed by atoms with Crippen LogP contribution in [0.2, 0.25) is 0 Å². The Hall–Kier alpha value is -2.90. The largest absolute Gasteiger partial charge is 0.492 e. The van der Waals surface area contributed by atoms with Gasteiger partial charge in [-0.2, -0.15) is 5.10 Å². The van der Waals surface area contributed by atoms with Crippen molar-refractivity contribution in [3.05, 3.63) is 30.0 Å². The maximum absolute atomic E-state index is 11.8. The van der Waals surface area contributed by atoms with Gasteiger partial charge < -0.3 is 19.5 Å². The molecule has 0 aliphatic carbocycles. The Bertz CT molecular complexity index is 713. The van der Waals surface area contributed by atoms with Gasteiger partial charge in [0, 0.05) is 19.2 Å². The Balaban J connectivity index is 1.41. The Morgan fingerprint density at radius 1 is 1.35 bits per heavy atom. The maximum Gasteiger partial charge on any atom is 0.320 e. The zero-order valence-corrected chi connectivity index (χ0v) is 13.0. The molecular weight excluding hydrogens is 300 g/mol. The van der Waals surface area contributed by atoms with Gasteiger partial charge in [0.2, 0.25) is 6.79 Å². The van der Waals surface area contributed by atoms with E-state index in [-0.39, 0.29) is 12.8 Å².